The van der Waals surface area contributed by atoms with Gasteiger partial charge in [0.05, 0.1) is 6.10 Å². The second kappa shape index (κ2) is 6.41. The molecule has 0 radical (unpaired) electrons. The van der Waals surface area contributed by atoms with Crippen molar-refractivity contribution in [2.75, 3.05) is 13.1 Å². The van der Waals surface area contributed by atoms with E-state index in [1.807, 2.05) is 0 Å². The molecule has 2 nitrogen and oxygen atoms in total. The van der Waals surface area contributed by atoms with Crippen molar-refractivity contribution in [3.63, 3.8) is 0 Å². The van der Waals surface area contributed by atoms with Crippen LogP contribution in [0, 0.1) is 11.8 Å². The molecule has 16 heavy (non-hydrogen) atoms. The van der Waals surface area contributed by atoms with E-state index < -0.39 is 0 Å². The molecule has 0 bridgehead atoms. The number of aliphatic hydroxyl groups is 1. The van der Waals surface area contributed by atoms with E-state index in [9.17, 15) is 5.11 Å². The first kappa shape index (κ1) is 12.1. The third-order valence-corrected chi connectivity index (χ3v) is 4.11. The van der Waals surface area contributed by atoms with Crippen LogP contribution in [0.3, 0.4) is 0 Å². The van der Waals surface area contributed by atoms with E-state index in [0.717, 1.165) is 19.0 Å². The molecule has 0 saturated heterocycles. The Labute approximate surface area is 99.1 Å². The molecule has 1 fully saturated rings. The first-order valence-corrected chi connectivity index (χ1v) is 6.90. The monoisotopic (exact) mass is 223 g/mol. The normalized spacial score (nSPS) is 28.4. The van der Waals surface area contributed by atoms with E-state index in [4.69, 9.17) is 0 Å². The molecule has 2 atom stereocenters. The van der Waals surface area contributed by atoms with Gasteiger partial charge in [-0.1, -0.05) is 25.0 Å². The lowest BCUT2D eigenvalue weighted by Gasteiger charge is -2.22. The van der Waals surface area contributed by atoms with E-state index >= 15 is 0 Å². The number of hydrogen-bond donors (Lipinski definition) is 2. The average Bonchev–Trinajstić information content (AvgIpc) is 2.84. The molecule has 0 aromatic heterocycles. The quantitative estimate of drug-likeness (QED) is 0.702. The summed E-state index contributed by atoms with van der Waals surface area (Å²) in [4.78, 5) is 0. The van der Waals surface area contributed by atoms with Crippen LogP contribution >= 0.6 is 0 Å². The van der Waals surface area contributed by atoms with Gasteiger partial charge in [0, 0.05) is 6.54 Å². The lowest BCUT2D eigenvalue weighted by molar-refractivity contribution is 0.108. The van der Waals surface area contributed by atoms with Crippen LogP contribution in [0.4, 0.5) is 0 Å². The Bertz CT molecular complexity index is 221. The van der Waals surface area contributed by atoms with Gasteiger partial charge in [-0.2, -0.15) is 0 Å². The highest BCUT2D eigenvalue weighted by Gasteiger charge is 2.22. The van der Waals surface area contributed by atoms with E-state index in [1.54, 1.807) is 0 Å². The summed E-state index contributed by atoms with van der Waals surface area (Å²) in [6.45, 7) is 1.87. The summed E-state index contributed by atoms with van der Waals surface area (Å²) in [5, 5.41) is 13.4. The highest BCUT2D eigenvalue weighted by atomic mass is 16.3. The van der Waals surface area contributed by atoms with Crippen molar-refractivity contribution in [2.24, 2.45) is 11.8 Å². The predicted molar refractivity (Wildman–Crippen MR) is 67.3 cm³/mol. The van der Waals surface area contributed by atoms with Gasteiger partial charge in [0.2, 0.25) is 0 Å². The van der Waals surface area contributed by atoms with Gasteiger partial charge in [-0.05, 0) is 50.5 Å². The van der Waals surface area contributed by atoms with Crippen molar-refractivity contribution < 1.29 is 5.11 Å². The number of hydrogen-bond acceptors (Lipinski definition) is 2. The maximum absolute atomic E-state index is 10.0. The minimum atomic E-state index is -0.110. The van der Waals surface area contributed by atoms with Crippen molar-refractivity contribution in [3.8, 4) is 0 Å². The van der Waals surface area contributed by atoms with Crippen molar-refractivity contribution in [1.82, 2.24) is 5.32 Å². The zero-order valence-corrected chi connectivity index (χ0v) is 10.2. The second-order valence-electron chi connectivity index (χ2n) is 5.42. The molecule has 92 valence electrons. The molecule has 2 aliphatic rings. The zero-order chi connectivity index (χ0) is 11.2. The Kier molecular flexibility index (Phi) is 4.86. The van der Waals surface area contributed by atoms with E-state index in [0.29, 0.717) is 5.92 Å². The number of rotatable bonds is 5. The molecule has 0 aromatic rings. The molecule has 0 amide bonds. The predicted octanol–water partition coefficient (Wildman–Crippen LogP) is 2.48. The molecular formula is C14H25NO. The lowest BCUT2D eigenvalue weighted by atomic mass is 9.94. The molecule has 2 rings (SSSR count). The Hall–Kier alpha value is -0.340. The van der Waals surface area contributed by atoms with E-state index in [-0.39, 0.29) is 6.10 Å². The summed E-state index contributed by atoms with van der Waals surface area (Å²) < 4.78 is 0. The van der Waals surface area contributed by atoms with Crippen LogP contribution in [0.15, 0.2) is 12.2 Å². The Morgan fingerprint density at radius 1 is 1.19 bits per heavy atom. The fourth-order valence-electron chi connectivity index (χ4n) is 2.99. The van der Waals surface area contributed by atoms with Gasteiger partial charge in [-0.25, -0.2) is 0 Å². The smallest absolute Gasteiger partial charge is 0.0692 e. The summed E-state index contributed by atoms with van der Waals surface area (Å²) in [7, 11) is 0. The summed E-state index contributed by atoms with van der Waals surface area (Å²) in [6.07, 6.45) is 13.3. The minimum absolute atomic E-state index is 0.110. The van der Waals surface area contributed by atoms with Gasteiger partial charge in [-0.15, -0.1) is 0 Å². The first-order chi connectivity index (χ1) is 7.86. The molecule has 0 heterocycles. The van der Waals surface area contributed by atoms with Crippen LogP contribution in [-0.2, 0) is 0 Å². The Morgan fingerprint density at radius 2 is 2.00 bits per heavy atom. The second-order valence-corrected chi connectivity index (χ2v) is 5.42. The van der Waals surface area contributed by atoms with Gasteiger partial charge in [-0.3, -0.25) is 0 Å². The fraction of sp³-hybridized carbons (Fsp3) is 0.857. The molecule has 2 unspecified atom stereocenters. The highest BCUT2D eigenvalue weighted by molar-refractivity contribution is 4.90. The summed E-state index contributed by atoms with van der Waals surface area (Å²) in [6, 6.07) is 0. The number of allylic oxidation sites excluding steroid dienone is 2. The van der Waals surface area contributed by atoms with Gasteiger partial charge in [0.25, 0.3) is 0 Å². The number of nitrogens with one attached hydrogen (secondary N) is 1. The van der Waals surface area contributed by atoms with E-state index in [1.165, 1.54) is 44.9 Å². The van der Waals surface area contributed by atoms with Crippen molar-refractivity contribution in [2.45, 2.75) is 51.0 Å². The molecular weight excluding hydrogens is 198 g/mol. The Morgan fingerprint density at radius 3 is 2.69 bits per heavy atom. The van der Waals surface area contributed by atoms with Crippen LogP contribution in [0.1, 0.15) is 44.9 Å². The molecule has 2 aliphatic carbocycles. The topological polar surface area (TPSA) is 32.3 Å². The first-order valence-electron chi connectivity index (χ1n) is 6.90. The van der Waals surface area contributed by atoms with Crippen LogP contribution < -0.4 is 5.32 Å². The third-order valence-electron chi connectivity index (χ3n) is 4.11. The minimum Gasteiger partial charge on any atom is -0.392 e. The van der Waals surface area contributed by atoms with Crippen LogP contribution in [0.25, 0.3) is 0 Å². The average molecular weight is 223 g/mol. The largest absolute Gasteiger partial charge is 0.392 e. The van der Waals surface area contributed by atoms with Gasteiger partial charge in [0.15, 0.2) is 0 Å². The summed E-state index contributed by atoms with van der Waals surface area (Å²) in [5.41, 5.74) is 0. The van der Waals surface area contributed by atoms with Gasteiger partial charge >= 0.3 is 0 Å². The molecule has 0 aliphatic heterocycles. The molecule has 0 aromatic carbocycles. The maximum Gasteiger partial charge on any atom is 0.0692 e. The molecule has 2 heteroatoms. The van der Waals surface area contributed by atoms with Crippen LogP contribution in [0.2, 0.25) is 0 Å². The summed E-state index contributed by atoms with van der Waals surface area (Å²) >= 11 is 0. The molecule has 2 N–H and O–H groups in total. The highest BCUT2D eigenvalue weighted by Crippen LogP contribution is 2.27. The Balaban J connectivity index is 1.58. The van der Waals surface area contributed by atoms with Crippen molar-refractivity contribution >= 4 is 0 Å². The van der Waals surface area contributed by atoms with Gasteiger partial charge < -0.3 is 10.4 Å². The maximum atomic E-state index is 10.0. The zero-order valence-electron chi connectivity index (χ0n) is 10.2. The van der Waals surface area contributed by atoms with E-state index in [2.05, 4.69) is 17.5 Å². The van der Waals surface area contributed by atoms with Gasteiger partial charge in [0.1, 0.15) is 0 Å². The number of aliphatic hydroxyl groups excluding tert-OH is 1. The van der Waals surface area contributed by atoms with Crippen LogP contribution in [-0.4, -0.2) is 24.3 Å². The standard InChI is InChI=1S/C14H25NO/c16-14(13-8-4-5-9-13)11-15-10-12-6-2-1-3-7-12/h1-2,12-16H,3-11H2. The third kappa shape index (κ3) is 3.60. The fourth-order valence-corrected chi connectivity index (χ4v) is 2.99. The lowest BCUT2D eigenvalue weighted by Crippen LogP contribution is -2.34. The van der Waals surface area contributed by atoms with Crippen molar-refractivity contribution in [1.29, 1.82) is 0 Å². The SMILES string of the molecule is OC(CNCC1CC=CCC1)C1CCCC1. The molecule has 0 spiro atoms. The molecule has 1 saturated carbocycles. The summed E-state index contributed by atoms with van der Waals surface area (Å²) in [5.74, 6) is 1.36. The van der Waals surface area contributed by atoms with Crippen LogP contribution in [0.5, 0.6) is 0 Å². The van der Waals surface area contributed by atoms with Crippen molar-refractivity contribution in [3.05, 3.63) is 12.2 Å².